The van der Waals surface area contributed by atoms with E-state index in [2.05, 4.69) is 4.90 Å². The Morgan fingerprint density at radius 3 is 2.33 bits per heavy atom. The maximum atomic E-state index is 9.92. The summed E-state index contributed by atoms with van der Waals surface area (Å²) in [7, 11) is 0. The number of fused-ring (bicyclic) bond motifs is 1. The van der Waals surface area contributed by atoms with E-state index in [-0.39, 0.29) is 11.6 Å². The van der Waals surface area contributed by atoms with Gasteiger partial charge in [0.2, 0.25) is 0 Å². The minimum Gasteiger partial charge on any atom is -0.386 e. The van der Waals surface area contributed by atoms with Crippen molar-refractivity contribution in [3.8, 4) is 0 Å². The summed E-state index contributed by atoms with van der Waals surface area (Å²) in [5, 5.41) is 9.92. The molecule has 0 saturated carbocycles. The van der Waals surface area contributed by atoms with Crippen LogP contribution in [-0.4, -0.2) is 28.6 Å². The van der Waals surface area contributed by atoms with Gasteiger partial charge >= 0.3 is 0 Å². The van der Waals surface area contributed by atoms with Crippen LogP contribution in [0.1, 0.15) is 11.7 Å². The molecule has 1 N–H and O–H groups in total. The second-order valence-electron chi connectivity index (χ2n) is 3.77. The minimum atomic E-state index is -0.265. The lowest BCUT2D eigenvalue weighted by molar-refractivity contribution is 0.160. The third kappa shape index (κ3) is 0.713. The van der Waals surface area contributed by atoms with Crippen LogP contribution >= 0.6 is 0 Å². The Kier molecular flexibility index (Phi) is 1.05. The van der Waals surface area contributed by atoms with E-state index < -0.39 is 0 Å². The predicted molar refractivity (Wildman–Crippen MR) is 45.7 cm³/mol. The van der Waals surface area contributed by atoms with Crippen LogP contribution in [0.4, 0.5) is 0 Å². The van der Waals surface area contributed by atoms with E-state index in [0.717, 1.165) is 18.7 Å². The fourth-order valence-electron chi connectivity index (χ4n) is 1.84. The van der Waals surface area contributed by atoms with Crippen LogP contribution in [0, 0.1) is 0 Å². The molecular formula is C10H11NO. The molecular weight excluding hydrogens is 150 g/mol. The third-order valence-electron chi connectivity index (χ3n) is 2.98. The Bertz CT molecular complexity index is 303. The predicted octanol–water partition coefficient (Wildman–Crippen LogP) is 0.788. The van der Waals surface area contributed by atoms with Crippen LogP contribution < -0.4 is 0 Å². The maximum Gasteiger partial charge on any atom is 0.0998 e. The Morgan fingerprint density at radius 1 is 1.25 bits per heavy atom. The highest BCUT2D eigenvalue weighted by atomic mass is 16.3. The molecule has 12 heavy (non-hydrogen) atoms. The monoisotopic (exact) mass is 161 g/mol. The van der Waals surface area contributed by atoms with Crippen LogP contribution in [0.15, 0.2) is 30.3 Å². The molecule has 2 aliphatic rings. The lowest BCUT2D eigenvalue weighted by atomic mass is 10.00. The van der Waals surface area contributed by atoms with Crippen molar-refractivity contribution in [1.29, 1.82) is 0 Å². The molecule has 0 bridgehead atoms. The largest absolute Gasteiger partial charge is 0.386 e. The van der Waals surface area contributed by atoms with E-state index in [1.807, 2.05) is 30.3 Å². The van der Waals surface area contributed by atoms with E-state index in [9.17, 15) is 5.11 Å². The maximum absolute atomic E-state index is 9.92. The molecule has 2 nitrogen and oxygen atoms in total. The SMILES string of the molecule is OC(c1ccccc1)C12CN1C2. The Labute approximate surface area is 71.4 Å². The van der Waals surface area contributed by atoms with E-state index >= 15 is 0 Å². The number of nitrogens with zero attached hydrogens (tertiary/aromatic N) is 1. The van der Waals surface area contributed by atoms with Crippen molar-refractivity contribution in [1.82, 2.24) is 4.90 Å². The molecule has 2 saturated heterocycles. The highest BCUT2D eigenvalue weighted by Gasteiger charge is 2.71. The Hall–Kier alpha value is -0.860. The van der Waals surface area contributed by atoms with Gasteiger partial charge in [0.15, 0.2) is 0 Å². The molecule has 1 unspecified atom stereocenters. The summed E-state index contributed by atoms with van der Waals surface area (Å²) in [6, 6.07) is 9.92. The number of rotatable bonds is 2. The molecule has 1 aromatic rings. The van der Waals surface area contributed by atoms with E-state index in [0.29, 0.717) is 0 Å². The average Bonchev–Trinajstić information content (AvgIpc) is 2.91. The van der Waals surface area contributed by atoms with Crippen LogP contribution in [0.2, 0.25) is 0 Å². The fraction of sp³-hybridized carbons (Fsp3) is 0.400. The zero-order chi connectivity index (χ0) is 8.18. The van der Waals surface area contributed by atoms with Crippen molar-refractivity contribution in [3.63, 3.8) is 0 Å². The summed E-state index contributed by atoms with van der Waals surface area (Å²) in [5.74, 6) is 0. The highest BCUT2D eigenvalue weighted by molar-refractivity contribution is 5.35. The van der Waals surface area contributed by atoms with Gasteiger partial charge in [-0.3, -0.25) is 4.90 Å². The standard InChI is InChI=1S/C10H11NO/c12-9(10-6-11(10)7-10)8-4-2-1-3-5-8/h1-5,9,12H,6-7H2. The number of hydrogen-bond donors (Lipinski definition) is 1. The Morgan fingerprint density at radius 2 is 1.83 bits per heavy atom. The van der Waals surface area contributed by atoms with Gasteiger partial charge in [-0.05, 0) is 5.56 Å². The fourth-order valence-corrected chi connectivity index (χ4v) is 1.84. The molecule has 62 valence electrons. The number of hydrogen-bond acceptors (Lipinski definition) is 2. The molecule has 2 aliphatic heterocycles. The van der Waals surface area contributed by atoms with Gasteiger partial charge in [0, 0.05) is 13.1 Å². The molecule has 3 rings (SSSR count). The molecule has 0 aliphatic carbocycles. The van der Waals surface area contributed by atoms with Gasteiger partial charge in [-0.25, -0.2) is 0 Å². The first-order chi connectivity index (χ1) is 5.83. The van der Waals surface area contributed by atoms with Gasteiger partial charge in [-0.1, -0.05) is 30.3 Å². The zero-order valence-electron chi connectivity index (χ0n) is 6.77. The first kappa shape index (κ1) is 6.63. The quantitative estimate of drug-likeness (QED) is 0.648. The summed E-state index contributed by atoms with van der Waals surface area (Å²) in [5.41, 5.74) is 1.22. The second-order valence-corrected chi connectivity index (χ2v) is 3.77. The molecule has 0 amide bonds. The number of aliphatic hydroxyl groups is 1. The zero-order valence-corrected chi connectivity index (χ0v) is 6.77. The molecule has 2 fully saturated rings. The van der Waals surface area contributed by atoms with Crippen LogP contribution in [-0.2, 0) is 0 Å². The third-order valence-corrected chi connectivity index (χ3v) is 2.98. The van der Waals surface area contributed by atoms with Crippen molar-refractivity contribution in [3.05, 3.63) is 35.9 Å². The van der Waals surface area contributed by atoms with E-state index in [1.54, 1.807) is 0 Å². The first-order valence-corrected chi connectivity index (χ1v) is 4.31. The molecule has 2 heterocycles. The smallest absolute Gasteiger partial charge is 0.0998 e. The number of aliphatic hydroxyl groups excluding tert-OH is 1. The minimum absolute atomic E-state index is 0.168. The number of benzene rings is 1. The van der Waals surface area contributed by atoms with Crippen LogP contribution in [0.5, 0.6) is 0 Å². The van der Waals surface area contributed by atoms with Crippen LogP contribution in [0.3, 0.4) is 0 Å². The van der Waals surface area contributed by atoms with E-state index in [4.69, 9.17) is 0 Å². The summed E-state index contributed by atoms with van der Waals surface area (Å²) >= 11 is 0. The highest BCUT2D eigenvalue weighted by Crippen LogP contribution is 2.56. The van der Waals surface area contributed by atoms with Crippen molar-refractivity contribution < 1.29 is 5.11 Å². The van der Waals surface area contributed by atoms with Crippen molar-refractivity contribution in [2.45, 2.75) is 11.6 Å². The summed E-state index contributed by atoms with van der Waals surface area (Å²) < 4.78 is 0. The summed E-state index contributed by atoms with van der Waals surface area (Å²) in [6.45, 7) is 2.17. The van der Waals surface area contributed by atoms with Gasteiger partial charge < -0.3 is 5.11 Å². The van der Waals surface area contributed by atoms with Crippen molar-refractivity contribution in [2.75, 3.05) is 13.1 Å². The topological polar surface area (TPSA) is 23.2 Å². The van der Waals surface area contributed by atoms with Gasteiger partial charge in [0.25, 0.3) is 0 Å². The molecule has 2 heteroatoms. The molecule has 0 spiro atoms. The van der Waals surface area contributed by atoms with Gasteiger partial charge in [0.05, 0.1) is 11.6 Å². The van der Waals surface area contributed by atoms with E-state index in [1.165, 1.54) is 0 Å². The summed E-state index contributed by atoms with van der Waals surface area (Å²) in [4.78, 5) is 2.28. The lowest BCUT2D eigenvalue weighted by Crippen LogP contribution is -2.15. The molecule has 0 aromatic heterocycles. The van der Waals surface area contributed by atoms with Crippen molar-refractivity contribution >= 4 is 0 Å². The van der Waals surface area contributed by atoms with Crippen molar-refractivity contribution in [2.24, 2.45) is 0 Å². The Balaban J connectivity index is 1.89. The normalized spacial score (nSPS) is 38.6. The lowest BCUT2D eigenvalue weighted by Gasteiger charge is -2.10. The molecule has 1 aromatic carbocycles. The second kappa shape index (κ2) is 1.90. The first-order valence-electron chi connectivity index (χ1n) is 4.31. The van der Waals surface area contributed by atoms with Gasteiger partial charge in [0.1, 0.15) is 0 Å². The molecule has 0 radical (unpaired) electrons. The van der Waals surface area contributed by atoms with Gasteiger partial charge in [-0.2, -0.15) is 0 Å². The molecule has 1 atom stereocenters. The average molecular weight is 161 g/mol. The summed E-state index contributed by atoms with van der Waals surface area (Å²) in [6.07, 6.45) is -0.265. The van der Waals surface area contributed by atoms with Crippen LogP contribution in [0.25, 0.3) is 0 Å². The van der Waals surface area contributed by atoms with Gasteiger partial charge in [-0.15, -0.1) is 0 Å².